The van der Waals surface area contributed by atoms with Crippen LogP contribution >= 0.6 is 23.4 Å². The fourth-order valence-corrected chi connectivity index (χ4v) is 5.50. The van der Waals surface area contributed by atoms with E-state index in [1.165, 1.54) is 11.3 Å². The van der Waals surface area contributed by atoms with Crippen LogP contribution in [-0.4, -0.2) is 41.1 Å². The number of imide groups is 1. The number of rotatable bonds is 4. The molecule has 1 N–H and O–H groups in total. The zero-order valence-electron chi connectivity index (χ0n) is 19.9. The van der Waals surface area contributed by atoms with Gasteiger partial charge in [0.2, 0.25) is 5.91 Å². The van der Waals surface area contributed by atoms with Crippen LogP contribution in [0.4, 0.5) is 16.2 Å². The van der Waals surface area contributed by atoms with Crippen molar-refractivity contribution < 1.29 is 14.4 Å². The fraction of sp³-hybridized carbons (Fsp3) is 0.346. The number of hydrogen-bond donors (Lipinski definition) is 1. The predicted molar refractivity (Wildman–Crippen MR) is 139 cm³/mol. The van der Waals surface area contributed by atoms with Crippen molar-refractivity contribution in [3.8, 4) is 0 Å². The average molecular weight is 498 g/mol. The average Bonchev–Trinajstić information content (AvgIpc) is 3.02. The largest absolute Gasteiger partial charge is 0.369 e. The highest BCUT2D eigenvalue weighted by atomic mass is 35.5. The van der Waals surface area contributed by atoms with Crippen LogP contribution in [0.1, 0.15) is 49.8 Å². The van der Waals surface area contributed by atoms with Crippen LogP contribution in [0.5, 0.6) is 0 Å². The normalized spacial score (nSPS) is 20.6. The second-order valence-corrected chi connectivity index (χ2v) is 11.0. The number of aryl methyl sites for hydroxylation is 1. The Bertz CT molecular complexity index is 1210. The number of carbonyl (C=O) groups excluding carboxylic acids is 3. The van der Waals surface area contributed by atoms with Gasteiger partial charge in [-0.3, -0.25) is 19.3 Å². The van der Waals surface area contributed by atoms with Gasteiger partial charge in [-0.1, -0.05) is 18.5 Å². The topological polar surface area (TPSA) is 69.7 Å². The molecule has 0 aromatic heterocycles. The summed E-state index contributed by atoms with van der Waals surface area (Å²) < 4.78 is 0. The van der Waals surface area contributed by atoms with Crippen LogP contribution in [0.3, 0.4) is 0 Å². The molecule has 0 spiro atoms. The molecule has 0 unspecified atom stereocenters. The monoisotopic (exact) mass is 497 g/mol. The first-order valence-corrected chi connectivity index (χ1v) is 12.3. The highest BCUT2D eigenvalue weighted by Gasteiger charge is 2.37. The van der Waals surface area contributed by atoms with Gasteiger partial charge >= 0.3 is 0 Å². The molecule has 0 radical (unpaired) electrons. The Balaban J connectivity index is 1.54. The third kappa shape index (κ3) is 4.72. The molecule has 2 aliphatic heterocycles. The van der Waals surface area contributed by atoms with E-state index in [4.69, 9.17) is 11.6 Å². The van der Waals surface area contributed by atoms with Crippen LogP contribution in [-0.2, 0) is 9.59 Å². The van der Waals surface area contributed by atoms with Gasteiger partial charge in [0.1, 0.15) is 6.54 Å². The number of halogens is 1. The van der Waals surface area contributed by atoms with E-state index in [2.05, 4.69) is 50.2 Å². The summed E-state index contributed by atoms with van der Waals surface area (Å²) in [5.41, 5.74) is 4.99. The summed E-state index contributed by atoms with van der Waals surface area (Å²) in [6.07, 6.45) is 2.79. The number of amides is 3. The third-order valence-corrected chi connectivity index (χ3v) is 7.77. The van der Waals surface area contributed by atoms with E-state index in [0.29, 0.717) is 21.5 Å². The minimum absolute atomic E-state index is 0.0651. The number of nitrogens with zero attached hydrogens (tertiary/aromatic N) is 2. The maximum Gasteiger partial charge on any atom is 0.294 e. The maximum absolute atomic E-state index is 13.0. The van der Waals surface area contributed by atoms with Crippen molar-refractivity contribution >= 4 is 57.9 Å². The Morgan fingerprint density at radius 3 is 2.59 bits per heavy atom. The zero-order chi connectivity index (χ0) is 24.8. The number of carbonyl (C=O) groups is 3. The van der Waals surface area contributed by atoms with Crippen molar-refractivity contribution in [2.75, 3.05) is 23.8 Å². The van der Waals surface area contributed by atoms with Crippen LogP contribution in [0.2, 0.25) is 5.02 Å². The molecule has 0 aliphatic carbocycles. The van der Waals surface area contributed by atoms with Gasteiger partial charge in [-0.2, -0.15) is 0 Å². The number of anilines is 2. The first-order chi connectivity index (χ1) is 16.0. The number of nitrogens with one attached hydrogen (secondary N) is 1. The van der Waals surface area contributed by atoms with Gasteiger partial charge in [0.25, 0.3) is 11.1 Å². The van der Waals surface area contributed by atoms with Gasteiger partial charge in [0.05, 0.1) is 4.91 Å². The maximum atomic E-state index is 13.0. The lowest BCUT2D eigenvalue weighted by Crippen LogP contribution is -2.45. The Kier molecular flexibility index (Phi) is 6.53. The summed E-state index contributed by atoms with van der Waals surface area (Å²) in [7, 11) is 2.12. The number of fused-ring (bicyclic) bond motifs is 1. The summed E-state index contributed by atoms with van der Waals surface area (Å²) in [6.45, 7) is 8.38. The Morgan fingerprint density at radius 1 is 1.24 bits per heavy atom. The number of hydrogen-bond acceptors (Lipinski definition) is 5. The van der Waals surface area contributed by atoms with E-state index in [0.717, 1.165) is 34.2 Å². The van der Waals surface area contributed by atoms with Gasteiger partial charge < -0.3 is 10.2 Å². The molecule has 3 amide bonds. The SMILES string of the molecule is Cc1cc2c(cc1/C=C1\SC(=O)N(CC(=O)Nc3ccc(Cl)cc3)C1=O)[C@@H](C)CC(C)(C)N2C. The van der Waals surface area contributed by atoms with E-state index in [1.54, 1.807) is 30.3 Å². The molecule has 8 heteroatoms. The van der Waals surface area contributed by atoms with E-state index >= 15 is 0 Å². The lowest BCUT2D eigenvalue weighted by Gasteiger charge is -2.45. The van der Waals surface area contributed by atoms with E-state index in [9.17, 15) is 14.4 Å². The second-order valence-electron chi connectivity index (χ2n) is 9.57. The van der Waals surface area contributed by atoms with Crippen LogP contribution in [0, 0.1) is 6.92 Å². The van der Waals surface area contributed by atoms with Crippen molar-refractivity contribution in [3.63, 3.8) is 0 Å². The minimum atomic E-state index is -0.454. The van der Waals surface area contributed by atoms with Crippen molar-refractivity contribution in [3.05, 3.63) is 63.0 Å². The molecular weight excluding hydrogens is 470 g/mol. The molecular formula is C26H28ClN3O3S. The molecule has 0 saturated carbocycles. The van der Waals surface area contributed by atoms with E-state index < -0.39 is 17.1 Å². The molecule has 2 heterocycles. The van der Waals surface area contributed by atoms with Crippen LogP contribution in [0.15, 0.2) is 41.3 Å². The predicted octanol–water partition coefficient (Wildman–Crippen LogP) is 6.05. The Hall–Kier alpha value is -2.77. The molecule has 178 valence electrons. The minimum Gasteiger partial charge on any atom is -0.369 e. The fourth-order valence-electron chi connectivity index (χ4n) is 4.54. The molecule has 2 aliphatic rings. The summed E-state index contributed by atoms with van der Waals surface area (Å²) in [5.74, 6) is -0.527. The number of thioether (sulfide) groups is 1. The Labute approximate surface area is 209 Å². The van der Waals surface area contributed by atoms with Gasteiger partial charge in [-0.15, -0.1) is 0 Å². The molecule has 4 rings (SSSR count). The van der Waals surface area contributed by atoms with Gasteiger partial charge in [0, 0.05) is 29.0 Å². The van der Waals surface area contributed by atoms with Gasteiger partial charge in [-0.05, 0) is 104 Å². The Morgan fingerprint density at radius 2 is 1.91 bits per heavy atom. The lowest BCUT2D eigenvalue weighted by atomic mass is 9.79. The summed E-state index contributed by atoms with van der Waals surface area (Å²) in [4.78, 5) is 41.5. The molecule has 0 bridgehead atoms. The van der Waals surface area contributed by atoms with Crippen LogP contribution < -0.4 is 10.2 Å². The quantitative estimate of drug-likeness (QED) is 0.521. The smallest absolute Gasteiger partial charge is 0.294 e. The first-order valence-electron chi connectivity index (χ1n) is 11.2. The molecule has 2 aromatic carbocycles. The number of benzene rings is 2. The highest BCUT2D eigenvalue weighted by molar-refractivity contribution is 8.18. The summed E-state index contributed by atoms with van der Waals surface area (Å²) >= 11 is 6.73. The lowest BCUT2D eigenvalue weighted by molar-refractivity contribution is -0.127. The third-order valence-electron chi connectivity index (χ3n) is 6.61. The molecule has 1 atom stereocenters. The zero-order valence-corrected chi connectivity index (χ0v) is 21.5. The van der Waals surface area contributed by atoms with Crippen molar-refractivity contribution in [2.24, 2.45) is 0 Å². The molecule has 2 aromatic rings. The standard InChI is InChI=1S/C26H28ClN3O3S/c1-15-10-21-20(16(2)13-26(3,4)29(21)5)11-17(15)12-22-24(32)30(25(33)34-22)14-23(31)28-19-8-6-18(27)7-9-19/h6-12,16H,13-14H2,1-5H3,(H,28,31)/b22-12-/t16-/m0/s1. The van der Waals surface area contributed by atoms with Crippen LogP contribution in [0.25, 0.3) is 6.08 Å². The molecule has 1 saturated heterocycles. The van der Waals surface area contributed by atoms with Crippen molar-refractivity contribution in [2.45, 2.75) is 45.6 Å². The van der Waals surface area contributed by atoms with Crippen molar-refractivity contribution in [1.82, 2.24) is 4.90 Å². The summed E-state index contributed by atoms with van der Waals surface area (Å²) in [5, 5.41) is 2.78. The molecule has 6 nitrogen and oxygen atoms in total. The van der Waals surface area contributed by atoms with Crippen molar-refractivity contribution in [1.29, 1.82) is 0 Å². The van der Waals surface area contributed by atoms with Gasteiger partial charge in [0.15, 0.2) is 0 Å². The highest BCUT2D eigenvalue weighted by Crippen LogP contribution is 2.44. The van der Waals surface area contributed by atoms with Gasteiger partial charge in [-0.25, -0.2) is 0 Å². The summed E-state index contributed by atoms with van der Waals surface area (Å²) in [6, 6.07) is 10.9. The van der Waals surface area contributed by atoms with E-state index in [-0.39, 0.29) is 12.1 Å². The second kappa shape index (κ2) is 9.12. The first kappa shape index (κ1) is 24.4. The molecule has 34 heavy (non-hydrogen) atoms. The van der Waals surface area contributed by atoms with E-state index in [1.807, 2.05) is 6.92 Å². The molecule has 1 fully saturated rings.